The van der Waals surface area contributed by atoms with E-state index in [1.165, 1.54) is 0 Å². The molecule has 2 aromatic carbocycles. The molecule has 4 heteroatoms. The number of rotatable bonds is 0. The molecule has 2 aromatic rings. The minimum absolute atomic E-state index is 0. The van der Waals surface area contributed by atoms with E-state index in [4.69, 9.17) is 0 Å². The van der Waals surface area contributed by atoms with Crippen LogP contribution in [-0.2, 0) is 0 Å². The van der Waals surface area contributed by atoms with E-state index in [-0.39, 0.29) is 59.1 Å². The van der Waals surface area contributed by atoms with E-state index in [9.17, 15) is 0 Å². The van der Waals surface area contributed by atoms with Gasteiger partial charge in [-0.05, 0) is 24.3 Å². The van der Waals surface area contributed by atoms with Gasteiger partial charge >= 0.3 is 59.1 Å². The molecule has 0 saturated carbocycles. The van der Waals surface area contributed by atoms with E-state index in [0.29, 0.717) is 0 Å². The summed E-state index contributed by atoms with van der Waals surface area (Å²) in [5.41, 5.74) is 4.52. The maximum absolute atomic E-state index is 3.38. The van der Waals surface area contributed by atoms with E-state index in [1.54, 1.807) is 0 Å². The van der Waals surface area contributed by atoms with Gasteiger partial charge in [0.2, 0.25) is 0 Å². The minimum Gasteiger partial charge on any atom is -0.352 e. The smallest absolute Gasteiger partial charge is 0.0624 e. The normalized spacial score (nSPS) is 10.5. The first-order valence-corrected chi connectivity index (χ1v) is 4.65. The Morgan fingerprint density at radius 1 is 0.500 bits per heavy atom. The molecule has 1 aliphatic heterocycles. The molecule has 0 aliphatic carbocycles. The zero-order valence-corrected chi connectivity index (χ0v) is 7.62. The fourth-order valence-electron chi connectivity index (χ4n) is 1.69. The molecule has 16 heavy (non-hydrogen) atoms. The predicted octanol–water partition coefficient (Wildman–Crippen LogP) is 2.19. The second kappa shape index (κ2) is 6.10. The maximum Gasteiger partial charge on any atom is 0.0624 e. The molecule has 2 nitrogen and oxygen atoms in total. The van der Waals surface area contributed by atoms with Gasteiger partial charge in [0.15, 0.2) is 0 Å². The van der Waals surface area contributed by atoms with Crippen molar-refractivity contribution >= 4 is 81.9 Å². The molecule has 2 N–H and O–H groups in total. The fourth-order valence-corrected chi connectivity index (χ4v) is 1.69. The van der Waals surface area contributed by atoms with Crippen LogP contribution >= 0.6 is 0 Å². The predicted molar refractivity (Wildman–Crippen MR) is 73.7 cm³/mol. The van der Waals surface area contributed by atoms with E-state index in [2.05, 4.69) is 34.9 Å². The molecule has 1 aliphatic rings. The van der Waals surface area contributed by atoms with Gasteiger partial charge in [0, 0.05) is 0 Å². The molecule has 0 fully saturated rings. The summed E-state index contributed by atoms with van der Waals surface area (Å²) in [6, 6.07) is 16.4. The summed E-state index contributed by atoms with van der Waals surface area (Å²) in [6.45, 7) is 0. The van der Waals surface area contributed by atoms with E-state index in [0.717, 1.165) is 22.7 Å². The van der Waals surface area contributed by atoms with Crippen LogP contribution in [0.5, 0.6) is 0 Å². The van der Waals surface area contributed by atoms with Gasteiger partial charge < -0.3 is 10.6 Å². The Bertz CT molecular complexity index is 398. The van der Waals surface area contributed by atoms with Crippen molar-refractivity contribution < 1.29 is 0 Å². The summed E-state index contributed by atoms with van der Waals surface area (Å²) in [7, 11) is 0. The first kappa shape index (κ1) is 14.1. The van der Waals surface area contributed by atoms with Crippen LogP contribution in [0, 0.1) is 0 Å². The Labute approximate surface area is 139 Å². The van der Waals surface area contributed by atoms with Gasteiger partial charge in [-0.3, -0.25) is 0 Å². The van der Waals surface area contributed by atoms with Crippen molar-refractivity contribution in [3.05, 3.63) is 48.5 Å². The van der Waals surface area contributed by atoms with Crippen molar-refractivity contribution in [2.45, 2.75) is 0 Å². The molecule has 0 aromatic heterocycles. The fraction of sp³-hybridized carbons (Fsp3) is 0. The molecule has 0 saturated heterocycles. The SMILES string of the molecule is [NaH].[NaH].c1ccc2c(c1)Nc1ccccc1N2. The molecule has 0 spiro atoms. The Balaban J connectivity index is 0.000000640. The zero-order valence-electron chi connectivity index (χ0n) is 7.62. The number of para-hydroxylation sites is 4. The number of benzene rings is 2. The van der Waals surface area contributed by atoms with Crippen molar-refractivity contribution in [3.63, 3.8) is 0 Å². The second-order valence-electron chi connectivity index (χ2n) is 3.34. The molecule has 0 unspecified atom stereocenters. The largest absolute Gasteiger partial charge is 0.352 e. The Hall–Kier alpha value is 0.0400. The second-order valence-corrected chi connectivity index (χ2v) is 3.34. The third-order valence-corrected chi connectivity index (χ3v) is 2.39. The molecule has 72 valence electrons. The number of nitrogens with one attached hydrogen (secondary N) is 2. The molecule has 0 atom stereocenters. The van der Waals surface area contributed by atoms with Gasteiger partial charge in [-0.1, -0.05) is 24.3 Å². The van der Waals surface area contributed by atoms with Gasteiger partial charge in [-0.2, -0.15) is 0 Å². The van der Waals surface area contributed by atoms with Crippen LogP contribution in [0.15, 0.2) is 48.5 Å². The number of fused-ring (bicyclic) bond motifs is 2. The minimum atomic E-state index is 0. The molecule has 0 amide bonds. The first-order chi connectivity index (χ1) is 6.93. The summed E-state index contributed by atoms with van der Waals surface area (Å²) in [4.78, 5) is 0. The standard InChI is InChI=1S/C12H10N2.2Na.2H/c1-2-6-10-9(5-1)13-11-7-3-4-8-12(11)14-10;;;;/h1-8,13-14H;;;;. The Morgan fingerprint density at radius 2 is 0.750 bits per heavy atom. The summed E-state index contributed by atoms with van der Waals surface area (Å²) in [5.74, 6) is 0. The van der Waals surface area contributed by atoms with Crippen LogP contribution in [0.1, 0.15) is 0 Å². The van der Waals surface area contributed by atoms with Crippen molar-refractivity contribution in [3.8, 4) is 0 Å². The quantitative estimate of drug-likeness (QED) is 0.578. The van der Waals surface area contributed by atoms with Crippen LogP contribution in [0.25, 0.3) is 0 Å². The van der Waals surface area contributed by atoms with E-state index >= 15 is 0 Å². The van der Waals surface area contributed by atoms with Crippen LogP contribution in [0.4, 0.5) is 22.7 Å². The van der Waals surface area contributed by atoms with Gasteiger partial charge in [-0.15, -0.1) is 0 Å². The van der Waals surface area contributed by atoms with Crippen LogP contribution in [0.3, 0.4) is 0 Å². The first-order valence-electron chi connectivity index (χ1n) is 4.65. The molecule has 0 bridgehead atoms. The maximum atomic E-state index is 3.38. The van der Waals surface area contributed by atoms with E-state index in [1.807, 2.05) is 24.3 Å². The van der Waals surface area contributed by atoms with Gasteiger partial charge in [0.25, 0.3) is 0 Å². The molecule has 1 heterocycles. The number of hydrogen-bond donors (Lipinski definition) is 2. The monoisotopic (exact) mass is 230 g/mol. The van der Waals surface area contributed by atoms with Crippen molar-refractivity contribution in [2.24, 2.45) is 0 Å². The zero-order chi connectivity index (χ0) is 9.38. The Morgan fingerprint density at radius 3 is 1.00 bits per heavy atom. The summed E-state index contributed by atoms with van der Waals surface area (Å²) in [6.07, 6.45) is 0. The molecule has 0 radical (unpaired) electrons. The van der Waals surface area contributed by atoms with Crippen molar-refractivity contribution in [1.29, 1.82) is 0 Å². The van der Waals surface area contributed by atoms with Gasteiger partial charge in [0.05, 0.1) is 22.7 Å². The topological polar surface area (TPSA) is 24.1 Å². The average molecular weight is 230 g/mol. The van der Waals surface area contributed by atoms with Crippen LogP contribution in [0.2, 0.25) is 0 Å². The third-order valence-electron chi connectivity index (χ3n) is 2.39. The third kappa shape index (κ3) is 2.65. The summed E-state index contributed by atoms with van der Waals surface area (Å²) >= 11 is 0. The average Bonchev–Trinajstić information content (AvgIpc) is 2.26. The summed E-state index contributed by atoms with van der Waals surface area (Å²) < 4.78 is 0. The van der Waals surface area contributed by atoms with Gasteiger partial charge in [-0.25, -0.2) is 0 Å². The summed E-state index contributed by atoms with van der Waals surface area (Å²) in [5, 5.41) is 6.76. The molecular formula is C12H12N2Na2. The molecular weight excluding hydrogens is 218 g/mol. The van der Waals surface area contributed by atoms with Crippen molar-refractivity contribution in [1.82, 2.24) is 0 Å². The van der Waals surface area contributed by atoms with Crippen LogP contribution in [-0.4, -0.2) is 59.1 Å². The number of anilines is 4. The van der Waals surface area contributed by atoms with E-state index < -0.39 is 0 Å². The van der Waals surface area contributed by atoms with Crippen LogP contribution < -0.4 is 10.6 Å². The van der Waals surface area contributed by atoms with Gasteiger partial charge in [0.1, 0.15) is 0 Å². The molecule has 3 rings (SSSR count). The Kier molecular flexibility index (Phi) is 5.38. The van der Waals surface area contributed by atoms with Crippen molar-refractivity contribution in [2.75, 3.05) is 10.6 Å². The number of hydrogen-bond acceptors (Lipinski definition) is 2.